The number of rotatable bonds is 2. The second-order valence-corrected chi connectivity index (χ2v) is 4.67. The number of nitrogens with zero attached hydrogens (tertiary/aromatic N) is 2. The van der Waals surface area contributed by atoms with Crippen molar-refractivity contribution in [3.8, 4) is 0 Å². The van der Waals surface area contributed by atoms with Gasteiger partial charge in [-0.2, -0.15) is 0 Å². The molecular weight excluding hydrogens is 208 g/mol. The number of carbonyl (C=O) groups is 1. The molecule has 1 amide bonds. The van der Waals surface area contributed by atoms with Gasteiger partial charge in [-0.15, -0.1) is 0 Å². The first-order valence-corrected chi connectivity index (χ1v) is 5.96. The van der Waals surface area contributed by atoms with Crippen molar-refractivity contribution in [2.75, 3.05) is 33.4 Å². The van der Waals surface area contributed by atoms with Crippen LogP contribution in [0.4, 0.5) is 4.79 Å². The van der Waals surface area contributed by atoms with E-state index in [-0.39, 0.29) is 6.04 Å². The smallest absolute Gasteiger partial charge is 0.407 e. The van der Waals surface area contributed by atoms with E-state index in [0.29, 0.717) is 6.04 Å². The summed E-state index contributed by atoms with van der Waals surface area (Å²) in [5.74, 6) is 0. The van der Waals surface area contributed by atoms with E-state index in [1.807, 2.05) is 0 Å². The summed E-state index contributed by atoms with van der Waals surface area (Å²) in [6.07, 6.45) is 2.31. The highest BCUT2D eigenvalue weighted by atomic mass is 16.5. The minimum atomic E-state index is -0.821. The number of hydrogen-bond acceptors (Lipinski definition) is 3. The SMILES string of the molecule is CN(C(=O)O)C1CCN(C2CCOCC2)C1. The molecule has 0 spiro atoms. The normalized spacial score (nSPS) is 28.2. The fourth-order valence-electron chi connectivity index (χ4n) is 2.62. The van der Waals surface area contributed by atoms with Crippen LogP contribution in [0.1, 0.15) is 19.3 Å². The molecule has 0 aromatic rings. The second-order valence-electron chi connectivity index (χ2n) is 4.67. The highest BCUT2D eigenvalue weighted by Gasteiger charge is 2.32. The van der Waals surface area contributed by atoms with Crippen LogP contribution in [0.5, 0.6) is 0 Å². The van der Waals surface area contributed by atoms with Gasteiger partial charge in [0, 0.05) is 45.4 Å². The van der Waals surface area contributed by atoms with Gasteiger partial charge in [0.2, 0.25) is 0 Å². The molecule has 16 heavy (non-hydrogen) atoms. The van der Waals surface area contributed by atoms with Gasteiger partial charge in [0.1, 0.15) is 0 Å². The van der Waals surface area contributed by atoms with Crippen molar-refractivity contribution in [1.29, 1.82) is 0 Å². The van der Waals surface area contributed by atoms with Gasteiger partial charge >= 0.3 is 6.09 Å². The molecule has 5 heteroatoms. The van der Waals surface area contributed by atoms with Gasteiger partial charge in [-0.25, -0.2) is 4.79 Å². The Labute approximate surface area is 96.0 Å². The van der Waals surface area contributed by atoms with E-state index in [1.54, 1.807) is 7.05 Å². The van der Waals surface area contributed by atoms with E-state index in [1.165, 1.54) is 4.90 Å². The van der Waals surface area contributed by atoms with Crippen molar-refractivity contribution in [1.82, 2.24) is 9.80 Å². The number of hydrogen-bond donors (Lipinski definition) is 1. The molecule has 1 N–H and O–H groups in total. The first-order valence-electron chi connectivity index (χ1n) is 5.96. The highest BCUT2D eigenvalue weighted by molar-refractivity contribution is 5.65. The molecule has 0 aromatic carbocycles. The summed E-state index contributed by atoms with van der Waals surface area (Å²) in [6, 6.07) is 0.765. The van der Waals surface area contributed by atoms with Crippen LogP contribution in [0.15, 0.2) is 0 Å². The van der Waals surface area contributed by atoms with Crippen LogP contribution in [-0.2, 0) is 4.74 Å². The Kier molecular flexibility index (Phi) is 3.66. The van der Waals surface area contributed by atoms with Gasteiger partial charge < -0.3 is 14.7 Å². The van der Waals surface area contributed by atoms with E-state index in [0.717, 1.165) is 45.6 Å². The summed E-state index contributed by atoms with van der Waals surface area (Å²) in [6.45, 7) is 3.60. The molecule has 2 aliphatic rings. The third-order valence-corrected chi connectivity index (χ3v) is 3.75. The van der Waals surface area contributed by atoms with Gasteiger partial charge in [-0.3, -0.25) is 4.90 Å². The minimum Gasteiger partial charge on any atom is -0.465 e. The predicted octanol–water partition coefficient (Wildman–Crippen LogP) is 0.849. The molecule has 0 radical (unpaired) electrons. The highest BCUT2D eigenvalue weighted by Crippen LogP contribution is 2.22. The summed E-state index contributed by atoms with van der Waals surface area (Å²) in [7, 11) is 1.67. The van der Waals surface area contributed by atoms with Crippen LogP contribution in [0, 0.1) is 0 Å². The standard InChI is InChI=1S/C11H20N2O3/c1-12(11(14)15)10-2-5-13(8-10)9-3-6-16-7-4-9/h9-10H,2-8H2,1H3,(H,14,15). The third kappa shape index (κ3) is 2.47. The molecule has 0 bridgehead atoms. The maximum atomic E-state index is 10.9. The summed E-state index contributed by atoms with van der Waals surface area (Å²) < 4.78 is 5.34. The van der Waals surface area contributed by atoms with Gasteiger partial charge in [0.25, 0.3) is 0 Å². The zero-order valence-corrected chi connectivity index (χ0v) is 9.76. The summed E-state index contributed by atoms with van der Waals surface area (Å²) in [4.78, 5) is 14.7. The zero-order valence-electron chi connectivity index (χ0n) is 9.76. The third-order valence-electron chi connectivity index (χ3n) is 3.75. The van der Waals surface area contributed by atoms with E-state index in [4.69, 9.17) is 9.84 Å². The largest absolute Gasteiger partial charge is 0.465 e. The van der Waals surface area contributed by atoms with Gasteiger partial charge in [-0.1, -0.05) is 0 Å². The number of amides is 1. The number of likely N-dealkylation sites (N-methyl/N-ethyl adjacent to an activating group) is 1. The van der Waals surface area contributed by atoms with E-state index < -0.39 is 6.09 Å². The lowest BCUT2D eigenvalue weighted by atomic mass is 10.1. The van der Waals surface area contributed by atoms with Crippen molar-refractivity contribution >= 4 is 6.09 Å². The molecule has 5 nitrogen and oxygen atoms in total. The maximum Gasteiger partial charge on any atom is 0.407 e. The van der Waals surface area contributed by atoms with Crippen LogP contribution in [0.25, 0.3) is 0 Å². The number of likely N-dealkylation sites (tertiary alicyclic amines) is 1. The lowest BCUT2D eigenvalue weighted by Crippen LogP contribution is -2.42. The zero-order chi connectivity index (χ0) is 11.5. The van der Waals surface area contributed by atoms with Crippen LogP contribution in [-0.4, -0.2) is 66.4 Å². The quantitative estimate of drug-likeness (QED) is 0.761. The van der Waals surface area contributed by atoms with Crippen molar-refractivity contribution in [3.63, 3.8) is 0 Å². The lowest BCUT2D eigenvalue weighted by Gasteiger charge is -2.31. The van der Waals surface area contributed by atoms with Crippen LogP contribution >= 0.6 is 0 Å². The Hall–Kier alpha value is -0.810. The number of carboxylic acid groups (broad SMARTS) is 1. The average Bonchev–Trinajstić information content (AvgIpc) is 2.78. The molecule has 0 aromatic heterocycles. The molecule has 92 valence electrons. The Morgan fingerprint density at radius 3 is 2.69 bits per heavy atom. The fraction of sp³-hybridized carbons (Fsp3) is 0.909. The van der Waals surface area contributed by atoms with Crippen molar-refractivity contribution < 1.29 is 14.6 Å². The average molecular weight is 228 g/mol. The Balaban J connectivity index is 1.84. The summed E-state index contributed by atoms with van der Waals surface area (Å²) in [5, 5.41) is 8.93. The van der Waals surface area contributed by atoms with Gasteiger partial charge in [0.15, 0.2) is 0 Å². The molecule has 0 aliphatic carbocycles. The maximum absolute atomic E-state index is 10.9. The van der Waals surface area contributed by atoms with E-state index >= 15 is 0 Å². The molecule has 2 rings (SSSR count). The molecule has 2 aliphatic heterocycles. The summed E-state index contributed by atoms with van der Waals surface area (Å²) in [5.41, 5.74) is 0. The Morgan fingerprint density at radius 1 is 1.38 bits per heavy atom. The molecule has 2 fully saturated rings. The molecule has 1 unspecified atom stereocenters. The first-order chi connectivity index (χ1) is 7.68. The van der Waals surface area contributed by atoms with Crippen LogP contribution in [0.2, 0.25) is 0 Å². The molecule has 1 atom stereocenters. The van der Waals surface area contributed by atoms with Crippen molar-refractivity contribution in [2.24, 2.45) is 0 Å². The van der Waals surface area contributed by atoms with E-state index in [2.05, 4.69) is 4.90 Å². The van der Waals surface area contributed by atoms with E-state index in [9.17, 15) is 4.79 Å². The van der Waals surface area contributed by atoms with Gasteiger partial charge in [-0.05, 0) is 19.3 Å². The fourth-order valence-corrected chi connectivity index (χ4v) is 2.62. The van der Waals surface area contributed by atoms with Crippen molar-refractivity contribution in [2.45, 2.75) is 31.3 Å². The van der Waals surface area contributed by atoms with Gasteiger partial charge in [0.05, 0.1) is 0 Å². The topological polar surface area (TPSA) is 53.0 Å². The molecule has 2 heterocycles. The minimum absolute atomic E-state index is 0.167. The summed E-state index contributed by atoms with van der Waals surface area (Å²) >= 11 is 0. The predicted molar refractivity (Wildman–Crippen MR) is 59.6 cm³/mol. The second kappa shape index (κ2) is 5.01. The Bertz CT molecular complexity index is 254. The van der Waals surface area contributed by atoms with Crippen LogP contribution in [0.3, 0.4) is 0 Å². The molecule has 0 saturated carbocycles. The number of ether oxygens (including phenoxy) is 1. The molecular formula is C11H20N2O3. The Morgan fingerprint density at radius 2 is 2.06 bits per heavy atom. The molecule has 2 saturated heterocycles. The van der Waals surface area contributed by atoms with Crippen molar-refractivity contribution in [3.05, 3.63) is 0 Å². The van der Waals surface area contributed by atoms with Crippen LogP contribution < -0.4 is 0 Å². The first kappa shape index (κ1) is 11.7. The lowest BCUT2D eigenvalue weighted by molar-refractivity contribution is 0.0400. The monoisotopic (exact) mass is 228 g/mol.